The molecule has 110 valence electrons. The molecule has 0 aliphatic rings. The number of fused-ring (bicyclic) bond motifs is 2. The van der Waals surface area contributed by atoms with Gasteiger partial charge in [0.25, 0.3) is 0 Å². The monoisotopic (exact) mass is 295 g/mol. The van der Waals surface area contributed by atoms with Crippen LogP contribution in [0.4, 0.5) is 5.69 Å². The fourth-order valence-corrected chi connectivity index (χ4v) is 4.01. The first-order chi connectivity index (χ1) is 11.3. The van der Waals surface area contributed by atoms with Crippen molar-refractivity contribution >= 4 is 48.8 Å². The summed E-state index contributed by atoms with van der Waals surface area (Å²) in [5.74, 6) is 0. The minimum Gasteiger partial charge on any atom is -0.398 e. The average Bonchev–Trinajstić information content (AvgIpc) is 2.60. The van der Waals surface area contributed by atoms with Crippen molar-refractivity contribution in [1.29, 1.82) is 0 Å². The van der Waals surface area contributed by atoms with Crippen LogP contribution in [0.2, 0.25) is 0 Å². The maximum absolute atomic E-state index is 6.25. The smallest absolute Gasteiger partial charge is 0.0394 e. The van der Waals surface area contributed by atoms with Crippen LogP contribution in [0.1, 0.15) is 12.5 Å². The van der Waals surface area contributed by atoms with E-state index in [-0.39, 0.29) is 0 Å². The summed E-state index contributed by atoms with van der Waals surface area (Å²) in [7, 11) is 0. The molecule has 0 radical (unpaired) electrons. The summed E-state index contributed by atoms with van der Waals surface area (Å²) in [4.78, 5) is 0. The Morgan fingerprint density at radius 3 is 2.22 bits per heavy atom. The average molecular weight is 295 g/mol. The van der Waals surface area contributed by atoms with Crippen LogP contribution in [0.5, 0.6) is 0 Å². The van der Waals surface area contributed by atoms with Gasteiger partial charge in [0.1, 0.15) is 0 Å². The van der Waals surface area contributed by atoms with E-state index in [1.54, 1.807) is 0 Å². The van der Waals surface area contributed by atoms with E-state index >= 15 is 0 Å². The van der Waals surface area contributed by atoms with Crippen LogP contribution < -0.4 is 5.73 Å². The molecule has 0 unspecified atom stereocenters. The van der Waals surface area contributed by atoms with E-state index in [1.807, 2.05) is 6.07 Å². The van der Waals surface area contributed by atoms with Crippen LogP contribution in [0.15, 0.2) is 60.7 Å². The number of anilines is 1. The lowest BCUT2D eigenvalue weighted by molar-refractivity contribution is 1.15. The van der Waals surface area contributed by atoms with Crippen molar-refractivity contribution in [3.8, 4) is 0 Å². The Labute approximate surface area is 134 Å². The van der Waals surface area contributed by atoms with Crippen LogP contribution in [0, 0.1) is 0 Å². The summed E-state index contributed by atoms with van der Waals surface area (Å²) < 4.78 is 0. The molecule has 0 atom stereocenters. The number of hydrogen-bond acceptors (Lipinski definition) is 1. The van der Waals surface area contributed by atoms with Gasteiger partial charge >= 0.3 is 0 Å². The molecule has 0 aliphatic heterocycles. The first-order valence-corrected chi connectivity index (χ1v) is 8.15. The summed E-state index contributed by atoms with van der Waals surface area (Å²) >= 11 is 0. The van der Waals surface area contributed by atoms with Gasteiger partial charge in [-0.25, -0.2) is 0 Å². The number of nitrogen functional groups attached to an aromatic ring is 1. The van der Waals surface area contributed by atoms with Gasteiger partial charge in [0.2, 0.25) is 0 Å². The quantitative estimate of drug-likeness (QED) is 0.233. The predicted octanol–water partition coefficient (Wildman–Crippen LogP) is 5.88. The molecule has 1 heteroatoms. The van der Waals surface area contributed by atoms with Crippen LogP contribution in [-0.4, -0.2) is 0 Å². The van der Waals surface area contributed by atoms with E-state index in [9.17, 15) is 0 Å². The lowest BCUT2D eigenvalue weighted by atomic mass is 9.88. The molecule has 0 spiro atoms. The lowest BCUT2D eigenvalue weighted by Gasteiger charge is -2.16. The third-order valence-electron chi connectivity index (χ3n) is 5.10. The third-order valence-corrected chi connectivity index (χ3v) is 5.10. The highest BCUT2D eigenvalue weighted by molar-refractivity contribution is 6.33. The van der Waals surface area contributed by atoms with Gasteiger partial charge in [0.15, 0.2) is 0 Å². The Hall–Kier alpha value is -2.80. The fraction of sp³-hybridized carbons (Fsp3) is 0.0909. The van der Waals surface area contributed by atoms with Crippen LogP contribution in [-0.2, 0) is 6.42 Å². The molecule has 5 aromatic rings. The van der Waals surface area contributed by atoms with Crippen LogP contribution >= 0.6 is 0 Å². The van der Waals surface area contributed by atoms with Gasteiger partial charge in [-0.1, -0.05) is 61.5 Å². The van der Waals surface area contributed by atoms with Crippen LogP contribution in [0.3, 0.4) is 0 Å². The molecule has 0 aliphatic carbocycles. The second-order valence-electron chi connectivity index (χ2n) is 6.33. The number of aryl methyl sites for hydroxylation is 1. The van der Waals surface area contributed by atoms with Crippen molar-refractivity contribution < 1.29 is 0 Å². The molecule has 0 amide bonds. The zero-order chi connectivity index (χ0) is 15.6. The molecule has 0 bridgehead atoms. The van der Waals surface area contributed by atoms with Gasteiger partial charge in [-0.3, -0.25) is 0 Å². The SMILES string of the molecule is CCc1cc2cccc3c4cccc5c(N)ccc(c(c1)c23)c54. The maximum Gasteiger partial charge on any atom is 0.0394 e. The van der Waals surface area contributed by atoms with E-state index in [2.05, 4.69) is 61.5 Å². The van der Waals surface area contributed by atoms with Gasteiger partial charge < -0.3 is 5.73 Å². The Bertz CT molecular complexity index is 1200. The Balaban J connectivity index is 2.22. The topological polar surface area (TPSA) is 26.0 Å². The highest BCUT2D eigenvalue weighted by Gasteiger charge is 2.14. The van der Waals surface area contributed by atoms with Crippen molar-refractivity contribution in [3.05, 3.63) is 66.2 Å². The molecule has 0 fully saturated rings. The van der Waals surface area contributed by atoms with E-state index < -0.39 is 0 Å². The minimum atomic E-state index is 0.855. The summed E-state index contributed by atoms with van der Waals surface area (Å²) in [6.45, 7) is 2.22. The maximum atomic E-state index is 6.25. The molecule has 23 heavy (non-hydrogen) atoms. The second-order valence-corrected chi connectivity index (χ2v) is 6.33. The lowest BCUT2D eigenvalue weighted by Crippen LogP contribution is -1.92. The molecule has 2 N–H and O–H groups in total. The second kappa shape index (κ2) is 4.36. The highest BCUT2D eigenvalue weighted by atomic mass is 14.5. The standard InChI is InChI=1S/C22H17N/c1-2-13-11-14-5-3-6-15-16-7-4-8-18-20(23)10-9-17(22(16)18)19(12-13)21(14)15/h3-12H,2,23H2,1H3. The Morgan fingerprint density at radius 1 is 0.696 bits per heavy atom. The summed E-state index contributed by atoms with van der Waals surface area (Å²) in [5, 5.41) is 10.4. The largest absolute Gasteiger partial charge is 0.398 e. The van der Waals surface area contributed by atoms with Gasteiger partial charge in [-0.15, -0.1) is 0 Å². The van der Waals surface area contributed by atoms with Crippen molar-refractivity contribution in [2.24, 2.45) is 0 Å². The molecule has 5 rings (SSSR count). The minimum absolute atomic E-state index is 0.855. The van der Waals surface area contributed by atoms with Gasteiger partial charge in [0.05, 0.1) is 0 Å². The van der Waals surface area contributed by atoms with E-state index in [0.29, 0.717) is 0 Å². The van der Waals surface area contributed by atoms with Gasteiger partial charge in [-0.2, -0.15) is 0 Å². The van der Waals surface area contributed by atoms with Crippen molar-refractivity contribution in [1.82, 2.24) is 0 Å². The van der Waals surface area contributed by atoms with Crippen molar-refractivity contribution in [2.45, 2.75) is 13.3 Å². The third kappa shape index (κ3) is 1.57. The molecule has 0 saturated carbocycles. The van der Waals surface area contributed by atoms with Crippen molar-refractivity contribution in [3.63, 3.8) is 0 Å². The first-order valence-electron chi connectivity index (χ1n) is 8.15. The molecule has 0 aromatic heterocycles. The molecule has 0 saturated heterocycles. The van der Waals surface area contributed by atoms with Gasteiger partial charge in [0, 0.05) is 11.1 Å². The van der Waals surface area contributed by atoms with Crippen molar-refractivity contribution in [2.75, 3.05) is 5.73 Å². The highest BCUT2D eigenvalue weighted by Crippen LogP contribution is 2.41. The first kappa shape index (κ1) is 12.7. The number of benzene rings is 5. The predicted molar refractivity (Wildman–Crippen MR) is 101 cm³/mol. The molecular formula is C22H17N. The fourth-order valence-electron chi connectivity index (χ4n) is 4.01. The number of rotatable bonds is 1. The molecule has 1 nitrogen and oxygen atoms in total. The van der Waals surface area contributed by atoms with E-state index in [1.165, 1.54) is 43.3 Å². The molecular weight excluding hydrogens is 278 g/mol. The summed E-state index contributed by atoms with van der Waals surface area (Å²) in [6, 6.07) is 22.0. The number of hydrogen-bond donors (Lipinski definition) is 1. The van der Waals surface area contributed by atoms with Gasteiger partial charge in [-0.05, 0) is 55.8 Å². The van der Waals surface area contributed by atoms with E-state index in [0.717, 1.165) is 17.5 Å². The normalized spacial score (nSPS) is 12.0. The zero-order valence-electron chi connectivity index (χ0n) is 13.1. The zero-order valence-corrected chi connectivity index (χ0v) is 13.1. The van der Waals surface area contributed by atoms with Crippen LogP contribution in [0.25, 0.3) is 43.1 Å². The van der Waals surface area contributed by atoms with E-state index in [4.69, 9.17) is 5.73 Å². The molecule has 5 aromatic carbocycles. The Kier molecular flexibility index (Phi) is 2.41. The summed E-state index contributed by atoms with van der Waals surface area (Å²) in [6.07, 6.45) is 1.05. The molecule has 0 heterocycles. The Morgan fingerprint density at radius 2 is 1.39 bits per heavy atom. The number of nitrogens with two attached hydrogens (primary N) is 1. The summed E-state index contributed by atoms with van der Waals surface area (Å²) in [5.41, 5.74) is 8.48.